The number of ether oxygens (including phenoxy) is 3. The van der Waals surface area contributed by atoms with E-state index in [0.717, 1.165) is 24.2 Å². The SMILES string of the molecule is CCOC(=O)CN(CCOC)C(=O)CCc1cccc(OC2CCCC2)c1. The van der Waals surface area contributed by atoms with Gasteiger partial charge in [-0.05, 0) is 56.7 Å². The topological polar surface area (TPSA) is 65.1 Å². The van der Waals surface area contributed by atoms with E-state index in [9.17, 15) is 9.59 Å². The van der Waals surface area contributed by atoms with Crippen LogP contribution in [0.4, 0.5) is 0 Å². The van der Waals surface area contributed by atoms with Gasteiger partial charge in [-0.15, -0.1) is 0 Å². The summed E-state index contributed by atoms with van der Waals surface area (Å²) in [6.45, 7) is 2.77. The Hall–Kier alpha value is -2.08. The van der Waals surface area contributed by atoms with Crippen LogP contribution in [0.3, 0.4) is 0 Å². The molecule has 1 aliphatic rings. The van der Waals surface area contributed by atoms with Gasteiger partial charge in [0.25, 0.3) is 0 Å². The van der Waals surface area contributed by atoms with Crippen LogP contribution in [0.5, 0.6) is 5.75 Å². The average Bonchev–Trinajstić information content (AvgIpc) is 3.16. The van der Waals surface area contributed by atoms with Gasteiger partial charge in [-0.25, -0.2) is 0 Å². The maximum atomic E-state index is 12.6. The Bertz CT molecular complexity index is 598. The lowest BCUT2D eigenvalue weighted by atomic mass is 10.1. The molecular weight excluding hydrogens is 346 g/mol. The number of methoxy groups -OCH3 is 1. The van der Waals surface area contributed by atoms with Crippen LogP contribution in [-0.2, 0) is 25.5 Å². The Labute approximate surface area is 161 Å². The van der Waals surface area contributed by atoms with Crippen molar-refractivity contribution in [2.75, 3.05) is 33.4 Å². The largest absolute Gasteiger partial charge is 0.490 e. The van der Waals surface area contributed by atoms with Gasteiger partial charge in [0, 0.05) is 20.1 Å². The zero-order valence-electron chi connectivity index (χ0n) is 16.4. The van der Waals surface area contributed by atoms with E-state index in [0.29, 0.717) is 38.7 Å². The van der Waals surface area contributed by atoms with Crippen LogP contribution in [0.15, 0.2) is 24.3 Å². The minimum Gasteiger partial charge on any atom is -0.490 e. The third-order valence-corrected chi connectivity index (χ3v) is 4.67. The maximum Gasteiger partial charge on any atom is 0.325 e. The quantitative estimate of drug-likeness (QED) is 0.555. The van der Waals surface area contributed by atoms with Crippen molar-refractivity contribution in [3.05, 3.63) is 29.8 Å². The van der Waals surface area contributed by atoms with Crippen molar-refractivity contribution in [3.63, 3.8) is 0 Å². The summed E-state index contributed by atoms with van der Waals surface area (Å²) in [5.41, 5.74) is 1.06. The summed E-state index contributed by atoms with van der Waals surface area (Å²) in [7, 11) is 1.57. The molecule has 6 nitrogen and oxygen atoms in total. The molecule has 1 aromatic carbocycles. The third kappa shape index (κ3) is 7.59. The summed E-state index contributed by atoms with van der Waals surface area (Å²) in [6, 6.07) is 7.94. The van der Waals surface area contributed by atoms with Crippen molar-refractivity contribution in [2.24, 2.45) is 0 Å². The van der Waals surface area contributed by atoms with Crippen LogP contribution >= 0.6 is 0 Å². The fourth-order valence-electron chi connectivity index (χ4n) is 3.24. The smallest absolute Gasteiger partial charge is 0.325 e. The number of aryl methyl sites for hydroxylation is 1. The average molecular weight is 377 g/mol. The van der Waals surface area contributed by atoms with Gasteiger partial charge in [0.05, 0.1) is 19.3 Å². The van der Waals surface area contributed by atoms with Crippen molar-refractivity contribution in [3.8, 4) is 5.75 Å². The van der Waals surface area contributed by atoms with E-state index >= 15 is 0 Å². The predicted molar refractivity (Wildman–Crippen MR) is 103 cm³/mol. The van der Waals surface area contributed by atoms with Crippen LogP contribution < -0.4 is 4.74 Å². The van der Waals surface area contributed by atoms with Crippen LogP contribution in [0.2, 0.25) is 0 Å². The van der Waals surface area contributed by atoms with Gasteiger partial charge >= 0.3 is 5.97 Å². The number of hydrogen-bond acceptors (Lipinski definition) is 5. The van der Waals surface area contributed by atoms with E-state index in [1.165, 1.54) is 17.7 Å². The molecule has 1 saturated carbocycles. The van der Waals surface area contributed by atoms with Gasteiger partial charge in [-0.3, -0.25) is 9.59 Å². The van der Waals surface area contributed by atoms with Crippen molar-refractivity contribution in [1.29, 1.82) is 0 Å². The summed E-state index contributed by atoms with van der Waals surface area (Å²) >= 11 is 0. The number of carbonyl (C=O) groups excluding carboxylic acids is 2. The van der Waals surface area contributed by atoms with Crippen LogP contribution in [0.25, 0.3) is 0 Å². The number of rotatable bonds is 11. The zero-order valence-corrected chi connectivity index (χ0v) is 16.4. The Kier molecular flexibility index (Phi) is 9.11. The first-order chi connectivity index (χ1) is 13.1. The first-order valence-corrected chi connectivity index (χ1v) is 9.80. The molecule has 150 valence electrons. The molecule has 0 aliphatic heterocycles. The van der Waals surface area contributed by atoms with Crippen LogP contribution in [0, 0.1) is 0 Å². The molecule has 0 radical (unpaired) electrons. The molecule has 1 aromatic rings. The van der Waals surface area contributed by atoms with Crippen LogP contribution in [-0.4, -0.2) is 56.3 Å². The highest BCUT2D eigenvalue weighted by atomic mass is 16.5. The van der Waals surface area contributed by atoms with E-state index in [-0.39, 0.29) is 12.5 Å². The highest BCUT2D eigenvalue weighted by molar-refractivity contribution is 5.82. The second-order valence-corrected chi connectivity index (χ2v) is 6.78. The fourth-order valence-corrected chi connectivity index (χ4v) is 3.24. The van der Waals surface area contributed by atoms with Gasteiger partial charge in [0.2, 0.25) is 5.91 Å². The summed E-state index contributed by atoms with van der Waals surface area (Å²) in [6.07, 6.45) is 5.95. The molecule has 6 heteroatoms. The van der Waals surface area contributed by atoms with Gasteiger partial charge in [-0.2, -0.15) is 0 Å². The van der Waals surface area contributed by atoms with E-state index in [4.69, 9.17) is 14.2 Å². The summed E-state index contributed by atoms with van der Waals surface area (Å²) < 4.78 is 16.0. The van der Waals surface area contributed by atoms with E-state index in [1.54, 1.807) is 14.0 Å². The van der Waals surface area contributed by atoms with E-state index < -0.39 is 5.97 Å². The van der Waals surface area contributed by atoms with Gasteiger partial charge in [0.1, 0.15) is 12.3 Å². The molecule has 0 aromatic heterocycles. The molecule has 0 atom stereocenters. The lowest BCUT2D eigenvalue weighted by Gasteiger charge is -2.21. The summed E-state index contributed by atoms with van der Waals surface area (Å²) in [5, 5.41) is 0. The highest BCUT2D eigenvalue weighted by Gasteiger charge is 2.18. The highest BCUT2D eigenvalue weighted by Crippen LogP contribution is 2.24. The molecule has 0 unspecified atom stereocenters. The Morgan fingerprint density at radius 3 is 2.70 bits per heavy atom. The number of benzene rings is 1. The van der Waals surface area contributed by atoms with Gasteiger partial charge in [-0.1, -0.05) is 12.1 Å². The standard InChI is InChI=1S/C21H31NO5/c1-3-26-21(24)16-22(13-14-25-2)20(23)12-11-17-7-6-10-19(15-17)27-18-8-4-5-9-18/h6-7,10,15,18H,3-5,8-9,11-14,16H2,1-2H3. The van der Waals surface area contributed by atoms with E-state index in [2.05, 4.69) is 0 Å². The first-order valence-electron chi connectivity index (χ1n) is 9.80. The lowest BCUT2D eigenvalue weighted by Crippen LogP contribution is -2.38. The zero-order chi connectivity index (χ0) is 19.5. The lowest BCUT2D eigenvalue weighted by molar-refractivity contribution is -0.149. The Morgan fingerprint density at radius 1 is 1.22 bits per heavy atom. The first kappa shape index (κ1) is 21.2. The predicted octanol–water partition coefficient (Wildman–Crippen LogP) is 2.98. The molecule has 0 N–H and O–H groups in total. The second-order valence-electron chi connectivity index (χ2n) is 6.78. The van der Waals surface area contributed by atoms with E-state index in [1.807, 2.05) is 24.3 Å². The second kappa shape index (κ2) is 11.6. The fraction of sp³-hybridized carbons (Fsp3) is 0.619. The minimum absolute atomic E-state index is 0.0408. The monoisotopic (exact) mass is 377 g/mol. The number of carbonyl (C=O) groups is 2. The molecule has 1 amide bonds. The maximum absolute atomic E-state index is 12.6. The number of hydrogen-bond donors (Lipinski definition) is 0. The van der Waals surface area contributed by atoms with Crippen molar-refractivity contribution in [1.82, 2.24) is 4.90 Å². The van der Waals surface area contributed by atoms with Gasteiger partial charge < -0.3 is 19.1 Å². The Balaban J connectivity index is 1.87. The molecule has 0 bridgehead atoms. The van der Waals surface area contributed by atoms with Crippen LogP contribution in [0.1, 0.15) is 44.6 Å². The minimum atomic E-state index is -0.395. The molecule has 2 rings (SSSR count). The van der Waals surface area contributed by atoms with Crippen molar-refractivity contribution >= 4 is 11.9 Å². The molecule has 0 heterocycles. The van der Waals surface area contributed by atoms with Crippen molar-refractivity contribution < 1.29 is 23.8 Å². The molecule has 1 fully saturated rings. The molecule has 0 spiro atoms. The van der Waals surface area contributed by atoms with Crippen molar-refractivity contribution in [2.45, 2.75) is 51.6 Å². The molecule has 0 saturated heterocycles. The third-order valence-electron chi connectivity index (χ3n) is 4.67. The Morgan fingerprint density at radius 2 is 2.00 bits per heavy atom. The number of amides is 1. The summed E-state index contributed by atoms with van der Waals surface area (Å²) in [5.74, 6) is 0.394. The molecular formula is C21H31NO5. The number of nitrogens with zero attached hydrogens (tertiary/aromatic N) is 1. The molecule has 1 aliphatic carbocycles. The molecule has 27 heavy (non-hydrogen) atoms. The summed E-state index contributed by atoms with van der Waals surface area (Å²) in [4.78, 5) is 25.8. The van der Waals surface area contributed by atoms with Gasteiger partial charge in [0.15, 0.2) is 0 Å². The number of esters is 1. The normalized spacial score (nSPS) is 14.1.